The van der Waals surface area contributed by atoms with Crippen LogP contribution in [0, 0.1) is 11.3 Å². The Morgan fingerprint density at radius 2 is 0.846 bits per heavy atom. The minimum absolute atomic E-state index is 0.0436. The molecule has 0 aliphatic carbocycles. The maximum Gasteiger partial charge on any atom is 0.500 e. The van der Waals surface area contributed by atoms with Crippen molar-refractivity contribution in [3.05, 3.63) is 31.5 Å². The van der Waals surface area contributed by atoms with Gasteiger partial charge in [-0.3, -0.25) is 0 Å². The van der Waals surface area contributed by atoms with Gasteiger partial charge in [0.05, 0.1) is 12.5 Å². The average molecular weight is 591 g/mol. The van der Waals surface area contributed by atoms with Crippen molar-refractivity contribution in [2.75, 3.05) is 39.6 Å². The number of aromatic nitrogens is 3. The highest BCUT2D eigenvalue weighted by Gasteiger charge is 2.41. The molecule has 1 heterocycles. The first-order chi connectivity index (χ1) is 18.7. The summed E-state index contributed by atoms with van der Waals surface area (Å²) in [6.07, 6.45) is 0.692. The van der Waals surface area contributed by atoms with Crippen LogP contribution in [0.1, 0.15) is 60.8 Å². The molecule has 0 atom stereocenters. The Balaban J connectivity index is 3.32. The normalized spacial score (nSPS) is 12.1. The van der Waals surface area contributed by atoms with Gasteiger partial charge in [-0.05, 0) is 54.4 Å². The predicted octanol–water partition coefficient (Wildman–Crippen LogP) is 1.96. The van der Waals surface area contributed by atoms with Crippen LogP contribution in [0.4, 0.5) is 0 Å². The van der Waals surface area contributed by atoms with Crippen LogP contribution in [-0.2, 0) is 46.2 Å². The van der Waals surface area contributed by atoms with Crippen molar-refractivity contribution in [3.63, 3.8) is 0 Å². The van der Waals surface area contributed by atoms with Crippen molar-refractivity contribution in [1.29, 1.82) is 5.26 Å². The molecule has 1 rings (SSSR count). The summed E-state index contributed by atoms with van der Waals surface area (Å²) in [6, 6.07) is 2.75. The molecule has 0 radical (unpaired) electrons. The number of nitriles is 1. The summed E-state index contributed by atoms with van der Waals surface area (Å²) >= 11 is 0. The Kier molecular flexibility index (Phi) is 16.6. The van der Waals surface area contributed by atoms with Gasteiger partial charge in [0, 0.05) is 71.4 Å². The zero-order valence-corrected chi connectivity index (χ0v) is 26.4. The van der Waals surface area contributed by atoms with E-state index in [1.807, 2.05) is 47.6 Å². The number of hydrogen-bond donors (Lipinski definition) is 0. The fraction of sp³-hybridized carbons (Fsp3) is 0.833. The highest BCUT2D eigenvalue weighted by molar-refractivity contribution is 6.61. The van der Waals surface area contributed by atoms with E-state index in [1.165, 1.54) is 0 Å². The molecule has 0 aliphatic heterocycles. The van der Waals surface area contributed by atoms with E-state index in [0.717, 1.165) is 13.7 Å². The third kappa shape index (κ3) is 10.2. The zero-order valence-electron chi connectivity index (χ0n) is 24.4. The molecule has 0 fully saturated rings. The molecule has 0 saturated carbocycles. The smallest absolute Gasteiger partial charge is 0.374 e. The molecule has 224 valence electrons. The van der Waals surface area contributed by atoms with E-state index in [4.69, 9.17) is 31.8 Å². The molecule has 0 unspecified atom stereocenters. The topological polar surface area (TPSA) is 145 Å². The van der Waals surface area contributed by atoms with E-state index in [2.05, 4.69) is 0 Å². The van der Waals surface area contributed by atoms with Crippen molar-refractivity contribution in [2.45, 2.75) is 92.5 Å². The van der Waals surface area contributed by atoms with Crippen LogP contribution in [0.5, 0.6) is 0 Å². The quantitative estimate of drug-likeness (QED) is 0.184. The third-order valence-corrected chi connectivity index (χ3v) is 12.1. The fourth-order valence-corrected chi connectivity index (χ4v) is 9.52. The second-order valence-corrected chi connectivity index (χ2v) is 13.8. The molecular weight excluding hydrogens is 544 g/mol. The summed E-state index contributed by atoms with van der Waals surface area (Å²) in [5, 5.41) is 9.05. The van der Waals surface area contributed by atoms with Crippen LogP contribution >= 0.6 is 0 Å². The molecule has 1 aromatic rings. The Bertz CT molecular complexity index is 963. The van der Waals surface area contributed by atoms with Gasteiger partial charge in [-0.15, -0.1) is 0 Å². The summed E-state index contributed by atoms with van der Waals surface area (Å²) < 4.78 is 38.3. The summed E-state index contributed by atoms with van der Waals surface area (Å²) in [4.78, 5) is 39.7. The lowest BCUT2D eigenvalue weighted by Crippen LogP contribution is -2.55. The van der Waals surface area contributed by atoms with Crippen molar-refractivity contribution in [1.82, 2.24) is 13.7 Å². The number of nitrogens with zero attached hydrogens (tertiary/aromatic N) is 4. The number of hydrogen-bond acceptors (Lipinski definition) is 10. The van der Waals surface area contributed by atoms with Crippen molar-refractivity contribution in [2.24, 2.45) is 0 Å². The second kappa shape index (κ2) is 18.4. The van der Waals surface area contributed by atoms with E-state index >= 15 is 0 Å². The van der Waals surface area contributed by atoms with Crippen LogP contribution in [-0.4, -0.2) is 71.0 Å². The van der Waals surface area contributed by atoms with Crippen LogP contribution in [0.2, 0.25) is 12.1 Å². The Morgan fingerprint density at radius 1 is 0.564 bits per heavy atom. The fourth-order valence-electron chi connectivity index (χ4n) is 4.33. The molecular formula is C24H46N4O9Si2. The minimum Gasteiger partial charge on any atom is -0.374 e. The van der Waals surface area contributed by atoms with E-state index in [1.54, 1.807) is 0 Å². The van der Waals surface area contributed by atoms with Crippen molar-refractivity contribution < 1.29 is 26.6 Å². The van der Waals surface area contributed by atoms with Crippen molar-refractivity contribution in [3.8, 4) is 6.07 Å². The lowest BCUT2D eigenvalue weighted by atomic mass is 10.4. The van der Waals surface area contributed by atoms with Crippen molar-refractivity contribution >= 4 is 17.6 Å². The Morgan fingerprint density at radius 3 is 1.10 bits per heavy atom. The average Bonchev–Trinajstić information content (AvgIpc) is 2.89. The maximum atomic E-state index is 13.4. The summed E-state index contributed by atoms with van der Waals surface area (Å²) in [6.45, 7) is 13.6. The molecule has 0 bridgehead atoms. The summed E-state index contributed by atoms with van der Waals surface area (Å²) in [7, 11) is -5.96. The molecule has 0 aromatic carbocycles. The van der Waals surface area contributed by atoms with Gasteiger partial charge in [-0.2, -0.15) is 5.26 Å². The lowest BCUT2D eigenvalue weighted by molar-refractivity contribution is 0.0698. The van der Waals surface area contributed by atoms with Gasteiger partial charge in [0.2, 0.25) is 0 Å². The molecule has 0 spiro atoms. The van der Waals surface area contributed by atoms with Crippen LogP contribution in [0.15, 0.2) is 14.4 Å². The molecule has 13 nitrogen and oxygen atoms in total. The largest absolute Gasteiger partial charge is 0.500 e. The van der Waals surface area contributed by atoms with Gasteiger partial charge < -0.3 is 26.6 Å². The van der Waals surface area contributed by atoms with Gasteiger partial charge >= 0.3 is 34.7 Å². The van der Waals surface area contributed by atoms with Gasteiger partial charge in [-0.1, -0.05) is 0 Å². The Labute approximate surface area is 232 Å². The van der Waals surface area contributed by atoms with E-state index in [-0.39, 0.29) is 26.1 Å². The standard InChI is InChI=1S/C24H46N4O9Si2/c1-7-32-38(33-8-2,34-9-3)20-14-18-27-22(29)26(17-13-16-25)23(30)28(24(27)31)19-15-21-39(35-10-4,36-11-5)37-12-6/h7-15,17-21H2,1-6H3. The SMILES string of the molecule is CCO[Si](CCCn1c(=O)n(CCC#N)c(=O)n(CCC[Si](OCC)(OCC)OCC)c1=O)(OCC)OCC. The second-order valence-electron chi connectivity index (χ2n) is 8.38. The van der Waals surface area contributed by atoms with Gasteiger partial charge in [-0.25, -0.2) is 28.1 Å². The summed E-state index contributed by atoms with van der Waals surface area (Å²) in [5.41, 5.74) is -2.18. The molecule has 15 heteroatoms. The monoisotopic (exact) mass is 590 g/mol. The molecule has 39 heavy (non-hydrogen) atoms. The van der Waals surface area contributed by atoms with E-state index in [9.17, 15) is 14.4 Å². The maximum absolute atomic E-state index is 13.4. The van der Waals surface area contributed by atoms with E-state index in [0.29, 0.717) is 64.6 Å². The molecule has 0 aliphatic rings. The van der Waals surface area contributed by atoms with Gasteiger partial charge in [0.15, 0.2) is 0 Å². The first kappa shape index (κ1) is 35.1. The Hall–Kier alpha value is -1.91. The van der Waals surface area contributed by atoms with Crippen LogP contribution < -0.4 is 17.1 Å². The first-order valence-corrected chi connectivity index (χ1v) is 17.8. The van der Waals surface area contributed by atoms with E-state index < -0.39 is 34.7 Å². The molecule has 1 aromatic heterocycles. The van der Waals surface area contributed by atoms with Gasteiger partial charge in [0.1, 0.15) is 0 Å². The van der Waals surface area contributed by atoms with Crippen LogP contribution in [0.3, 0.4) is 0 Å². The summed E-state index contributed by atoms with van der Waals surface area (Å²) in [5.74, 6) is 0. The third-order valence-electron chi connectivity index (χ3n) is 5.75. The highest BCUT2D eigenvalue weighted by atomic mass is 28.4. The molecule has 0 saturated heterocycles. The highest BCUT2D eigenvalue weighted by Crippen LogP contribution is 2.19. The minimum atomic E-state index is -2.98. The first-order valence-electron chi connectivity index (χ1n) is 13.9. The molecule has 0 amide bonds. The lowest BCUT2D eigenvalue weighted by Gasteiger charge is -2.28. The van der Waals surface area contributed by atoms with Gasteiger partial charge in [0.25, 0.3) is 0 Å². The number of rotatable bonds is 22. The zero-order chi connectivity index (χ0) is 29.3. The van der Waals surface area contributed by atoms with Crippen LogP contribution in [0.25, 0.3) is 0 Å². The predicted molar refractivity (Wildman–Crippen MR) is 150 cm³/mol. The molecule has 0 N–H and O–H groups in total.